The number of hydrogen-bond donors (Lipinski definition) is 0. The lowest BCUT2D eigenvalue weighted by Crippen LogP contribution is -2.35. The summed E-state index contributed by atoms with van der Waals surface area (Å²) in [5.41, 5.74) is -0.424. The Labute approximate surface area is 106 Å². The van der Waals surface area contributed by atoms with Gasteiger partial charge in [-0.05, 0) is 44.9 Å². The van der Waals surface area contributed by atoms with Crippen LogP contribution in [0.4, 0.5) is 8.78 Å². The molecule has 0 radical (unpaired) electrons. The predicted octanol–water partition coefficient (Wildman–Crippen LogP) is 2.88. The highest BCUT2D eigenvalue weighted by atomic mass is 19.1. The van der Waals surface area contributed by atoms with Gasteiger partial charge in [0, 0.05) is 6.04 Å². The molecular formula is C14H17F2NO. The Morgan fingerprint density at radius 2 is 1.94 bits per heavy atom. The third-order valence-corrected chi connectivity index (χ3v) is 3.63. The van der Waals surface area contributed by atoms with E-state index in [2.05, 4.69) is 0 Å². The van der Waals surface area contributed by atoms with Crippen molar-refractivity contribution < 1.29 is 13.6 Å². The van der Waals surface area contributed by atoms with Crippen molar-refractivity contribution in [2.75, 3.05) is 13.6 Å². The van der Waals surface area contributed by atoms with Crippen molar-refractivity contribution in [2.45, 2.75) is 25.8 Å². The van der Waals surface area contributed by atoms with E-state index in [0.717, 1.165) is 12.1 Å². The van der Waals surface area contributed by atoms with Crippen LogP contribution in [0.1, 0.15) is 30.1 Å². The first-order valence-corrected chi connectivity index (χ1v) is 6.18. The Morgan fingerprint density at radius 3 is 2.44 bits per heavy atom. The molecule has 1 atom stereocenters. The van der Waals surface area contributed by atoms with Gasteiger partial charge in [0.15, 0.2) is 5.78 Å². The Balaban J connectivity index is 2.07. The van der Waals surface area contributed by atoms with Crippen molar-refractivity contribution >= 4 is 5.78 Å². The molecule has 0 aromatic heterocycles. The number of halogens is 2. The Hall–Kier alpha value is -1.29. The molecular weight excluding hydrogens is 236 g/mol. The van der Waals surface area contributed by atoms with Gasteiger partial charge in [0.25, 0.3) is 0 Å². The van der Waals surface area contributed by atoms with Crippen LogP contribution in [0.2, 0.25) is 0 Å². The molecule has 0 spiro atoms. The van der Waals surface area contributed by atoms with Gasteiger partial charge >= 0.3 is 0 Å². The van der Waals surface area contributed by atoms with E-state index in [9.17, 15) is 13.6 Å². The van der Waals surface area contributed by atoms with E-state index in [1.54, 1.807) is 0 Å². The highest BCUT2D eigenvalue weighted by molar-refractivity contribution is 5.98. The minimum atomic E-state index is -0.785. The lowest BCUT2D eigenvalue weighted by Gasteiger charge is -2.23. The fourth-order valence-corrected chi connectivity index (χ4v) is 2.15. The van der Waals surface area contributed by atoms with Crippen molar-refractivity contribution in [1.82, 2.24) is 4.90 Å². The van der Waals surface area contributed by atoms with E-state index in [-0.39, 0.29) is 12.6 Å². The summed E-state index contributed by atoms with van der Waals surface area (Å²) in [6.07, 6.45) is 2.35. The van der Waals surface area contributed by atoms with Gasteiger partial charge < -0.3 is 0 Å². The number of carbonyl (C=O) groups is 1. The predicted molar refractivity (Wildman–Crippen MR) is 65.5 cm³/mol. The summed E-state index contributed by atoms with van der Waals surface area (Å²) in [5, 5.41) is 0. The van der Waals surface area contributed by atoms with Crippen LogP contribution in [0.25, 0.3) is 0 Å². The summed E-state index contributed by atoms with van der Waals surface area (Å²) in [4.78, 5) is 13.8. The average molecular weight is 253 g/mol. The standard InChI is InChI=1S/C14H17F2NO/c1-9(10-6-7-10)17(2)8-13(18)14-11(15)4-3-5-12(14)16/h3-5,9-10H,6-8H2,1-2H3. The number of nitrogens with zero attached hydrogens (tertiary/aromatic N) is 1. The molecule has 1 aliphatic rings. The molecule has 18 heavy (non-hydrogen) atoms. The Kier molecular flexibility index (Phi) is 3.76. The molecule has 1 aliphatic carbocycles. The van der Waals surface area contributed by atoms with Crippen LogP contribution in [0.3, 0.4) is 0 Å². The van der Waals surface area contributed by atoms with Crippen molar-refractivity contribution in [3.05, 3.63) is 35.4 Å². The molecule has 1 unspecified atom stereocenters. The monoisotopic (exact) mass is 253 g/mol. The zero-order valence-corrected chi connectivity index (χ0v) is 10.6. The number of carbonyl (C=O) groups excluding carboxylic acids is 1. The molecule has 0 N–H and O–H groups in total. The number of likely N-dealkylation sites (N-methyl/N-ethyl adjacent to an activating group) is 1. The Morgan fingerprint density at radius 1 is 1.39 bits per heavy atom. The molecule has 0 heterocycles. The zero-order valence-electron chi connectivity index (χ0n) is 10.6. The van der Waals surface area contributed by atoms with Crippen LogP contribution in [-0.2, 0) is 0 Å². The molecule has 0 amide bonds. The maximum absolute atomic E-state index is 13.4. The van der Waals surface area contributed by atoms with Gasteiger partial charge in [0.2, 0.25) is 0 Å². The summed E-state index contributed by atoms with van der Waals surface area (Å²) in [5.74, 6) is -1.45. The van der Waals surface area contributed by atoms with Gasteiger partial charge in [-0.3, -0.25) is 9.69 Å². The van der Waals surface area contributed by atoms with Gasteiger partial charge in [-0.15, -0.1) is 0 Å². The molecule has 1 aromatic rings. The van der Waals surface area contributed by atoms with E-state index in [0.29, 0.717) is 5.92 Å². The number of benzene rings is 1. The van der Waals surface area contributed by atoms with Gasteiger partial charge in [0.1, 0.15) is 11.6 Å². The molecule has 0 bridgehead atoms. The number of rotatable bonds is 5. The molecule has 2 rings (SSSR count). The number of ketones is 1. The maximum Gasteiger partial charge on any atom is 0.182 e. The third-order valence-electron chi connectivity index (χ3n) is 3.63. The van der Waals surface area contributed by atoms with E-state index in [1.165, 1.54) is 18.9 Å². The van der Waals surface area contributed by atoms with Crippen molar-refractivity contribution in [2.24, 2.45) is 5.92 Å². The second-order valence-electron chi connectivity index (χ2n) is 5.01. The average Bonchev–Trinajstić information content (AvgIpc) is 3.11. The topological polar surface area (TPSA) is 20.3 Å². The van der Waals surface area contributed by atoms with E-state index in [4.69, 9.17) is 0 Å². The van der Waals surface area contributed by atoms with E-state index >= 15 is 0 Å². The first-order valence-electron chi connectivity index (χ1n) is 6.18. The largest absolute Gasteiger partial charge is 0.296 e. The zero-order chi connectivity index (χ0) is 13.3. The molecule has 1 fully saturated rings. The van der Waals surface area contributed by atoms with Crippen LogP contribution in [0.15, 0.2) is 18.2 Å². The molecule has 1 saturated carbocycles. The highest BCUT2D eigenvalue weighted by Gasteiger charge is 2.31. The van der Waals surface area contributed by atoms with Crippen molar-refractivity contribution in [3.8, 4) is 0 Å². The van der Waals surface area contributed by atoms with Crippen molar-refractivity contribution in [1.29, 1.82) is 0 Å². The second kappa shape index (κ2) is 5.14. The van der Waals surface area contributed by atoms with Crippen LogP contribution in [-0.4, -0.2) is 30.3 Å². The SMILES string of the molecule is CC(C1CC1)N(C)CC(=O)c1c(F)cccc1F. The summed E-state index contributed by atoms with van der Waals surface area (Å²) in [7, 11) is 1.82. The molecule has 4 heteroatoms. The summed E-state index contributed by atoms with van der Waals surface area (Å²) < 4.78 is 26.9. The number of Topliss-reactive ketones (excluding diaryl/α,β-unsaturated/α-hetero) is 1. The van der Waals surface area contributed by atoms with Crippen LogP contribution in [0, 0.1) is 17.6 Å². The highest BCUT2D eigenvalue weighted by Crippen LogP contribution is 2.34. The summed E-state index contributed by atoms with van der Waals surface area (Å²) in [6.45, 7) is 2.10. The van der Waals surface area contributed by atoms with Gasteiger partial charge in [0.05, 0.1) is 12.1 Å². The van der Waals surface area contributed by atoms with E-state index < -0.39 is 23.0 Å². The third kappa shape index (κ3) is 2.75. The van der Waals surface area contributed by atoms with Crippen LogP contribution < -0.4 is 0 Å². The summed E-state index contributed by atoms with van der Waals surface area (Å²) in [6, 6.07) is 3.77. The first kappa shape index (κ1) is 13.1. The van der Waals surface area contributed by atoms with Gasteiger partial charge in [-0.1, -0.05) is 6.07 Å². The molecule has 2 nitrogen and oxygen atoms in total. The van der Waals surface area contributed by atoms with Crippen molar-refractivity contribution in [3.63, 3.8) is 0 Å². The minimum absolute atomic E-state index is 0.0511. The molecule has 98 valence electrons. The normalized spacial score (nSPS) is 16.9. The van der Waals surface area contributed by atoms with Crippen LogP contribution >= 0.6 is 0 Å². The van der Waals surface area contributed by atoms with Gasteiger partial charge in [-0.2, -0.15) is 0 Å². The minimum Gasteiger partial charge on any atom is -0.296 e. The van der Waals surface area contributed by atoms with Crippen LogP contribution in [0.5, 0.6) is 0 Å². The first-order chi connectivity index (χ1) is 8.50. The fourth-order valence-electron chi connectivity index (χ4n) is 2.15. The lowest BCUT2D eigenvalue weighted by atomic mass is 10.1. The summed E-state index contributed by atoms with van der Waals surface area (Å²) >= 11 is 0. The smallest absolute Gasteiger partial charge is 0.182 e. The molecule has 0 saturated heterocycles. The van der Waals surface area contributed by atoms with E-state index in [1.807, 2.05) is 18.9 Å². The quantitative estimate of drug-likeness (QED) is 0.752. The fraction of sp³-hybridized carbons (Fsp3) is 0.500. The molecule has 0 aliphatic heterocycles. The lowest BCUT2D eigenvalue weighted by molar-refractivity contribution is 0.0909. The maximum atomic E-state index is 13.4. The Bertz CT molecular complexity index is 437. The number of hydrogen-bond acceptors (Lipinski definition) is 2. The van der Waals surface area contributed by atoms with Gasteiger partial charge in [-0.25, -0.2) is 8.78 Å². The molecule has 1 aromatic carbocycles. The second-order valence-corrected chi connectivity index (χ2v) is 5.01.